The predicted octanol–water partition coefficient (Wildman–Crippen LogP) is 2.85. The molecule has 18 heavy (non-hydrogen) atoms. The van der Waals surface area contributed by atoms with Crippen molar-refractivity contribution < 1.29 is 14.3 Å². The highest BCUT2D eigenvalue weighted by Gasteiger charge is 2.15. The van der Waals surface area contributed by atoms with Gasteiger partial charge < -0.3 is 9.64 Å². The van der Waals surface area contributed by atoms with E-state index >= 15 is 0 Å². The smallest absolute Gasteiger partial charge is 0.307 e. The van der Waals surface area contributed by atoms with Gasteiger partial charge in [0.15, 0.2) is 0 Å². The number of rotatable bonds is 4. The number of nitrogens with zero attached hydrogens (tertiary/aromatic N) is 1. The summed E-state index contributed by atoms with van der Waals surface area (Å²) in [6.07, 6.45) is 0.187. The Bertz CT molecular complexity index is 463. The van der Waals surface area contributed by atoms with Crippen molar-refractivity contribution in [1.82, 2.24) is 4.90 Å². The standard InChI is InChI=1S/C12H13Br2NO3/c1-15(6-5-11(16)18-2)12(17)9-4-3-8(13)7-10(9)14/h3-4,7H,5-6H2,1-2H3. The molecule has 0 radical (unpaired) electrons. The highest BCUT2D eigenvalue weighted by molar-refractivity contribution is 9.11. The third kappa shape index (κ3) is 4.10. The number of hydrogen-bond acceptors (Lipinski definition) is 3. The molecule has 1 rings (SSSR count). The van der Waals surface area contributed by atoms with E-state index in [1.807, 2.05) is 0 Å². The molecule has 1 aromatic carbocycles. The maximum Gasteiger partial charge on any atom is 0.307 e. The van der Waals surface area contributed by atoms with E-state index < -0.39 is 0 Å². The van der Waals surface area contributed by atoms with Gasteiger partial charge in [0.05, 0.1) is 19.1 Å². The fourth-order valence-electron chi connectivity index (χ4n) is 1.33. The second-order valence-corrected chi connectivity index (χ2v) is 5.45. The first-order chi connectivity index (χ1) is 8.45. The third-order valence-corrected chi connectivity index (χ3v) is 3.54. The van der Waals surface area contributed by atoms with E-state index in [1.54, 1.807) is 25.2 Å². The molecule has 0 saturated heterocycles. The molecule has 6 heteroatoms. The Kier molecular flexibility index (Phi) is 5.81. The zero-order valence-electron chi connectivity index (χ0n) is 10.1. The fraction of sp³-hybridized carbons (Fsp3) is 0.333. The Hall–Kier alpha value is -0.880. The first-order valence-electron chi connectivity index (χ1n) is 5.23. The van der Waals surface area contributed by atoms with Crippen LogP contribution in [0.15, 0.2) is 27.1 Å². The summed E-state index contributed by atoms with van der Waals surface area (Å²) in [4.78, 5) is 24.6. The van der Waals surface area contributed by atoms with Crippen molar-refractivity contribution in [3.8, 4) is 0 Å². The third-order valence-electron chi connectivity index (χ3n) is 2.39. The number of carbonyl (C=O) groups is 2. The summed E-state index contributed by atoms with van der Waals surface area (Å²) in [7, 11) is 2.98. The topological polar surface area (TPSA) is 46.6 Å². The van der Waals surface area contributed by atoms with Crippen LogP contribution < -0.4 is 0 Å². The average molecular weight is 379 g/mol. The molecule has 0 aliphatic carbocycles. The Morgan fingerprint density at radius 3 is 2.56 bits per heavy atom. The van der Waals surface area contributed by atoms with Gasteiger partial charge in [-0.25, -0.2) is 0 Å². The minimum atomic E-state index is -0.329. The van der Waals surface area contributed by atoms with Crippen molar-refractivity contribution in [3.05, 3.63) is 32.7 Å². The molecule has 0 bridgehead atoms. The van der Waals surface area contributed by atoms with Crippen LogP contribution in [0.4, 0.5) is 0 Å². The normalized spacial score (nSPS) is 10.0. The molecule has 0 unspecified atom stereocenters. The van der Waals surface area contributed by atoms with Crippen molar-refractivity contribution in [2.24, 2.45) is 0 Å². The summed E-state index contributed by atoms with van der Waals surface area (Å²) in [6, 6.07) is 5.33. The van der Waals surface area contributed by atoms with Crippen LogP contribution in [0.3, 0.4) is 0 Å². The lowest BCUT2D eigenvalue weighted by Gasteiger charge is -2.17. The Morgan fingerprint density at radius 2 is 2.00 bits per heavy atom. The van der Waals surface area contributed by atoms with Crippen LogP contribution in [0.5, 0.6) is 0 Å². The monoisotopic (exact) mass is 377 g/mol. The van der Waals surface area contributed by atoms with Crippen LogP contribution in [-0.2, 0) is 9.53 Å². The predicted molar refractivity (Wildman–Crippen MR) is 75.4 cm³/mol. The zero-order chi connectivity index (χ0) is 13.7. The Balaban J connectivity index is 2.71. The van der Waals surface area contributed by atoms with Gasteiger partial charge in [0.25, 0.3) is 5.91 Å². The summed E-state index contributed by atoms with van der Waals surface area (Å²) in [5.41, 5.74) is 0.561. The highest BCUT2D eigenvalue weighted by Crippen LogP contribution is 2.22. The largest absolute Gasteiger partial charge is 0.469 e. The van der Waals surface area contributed by atoms with Crippen LogP contribution in [0.2, 0.25) is 0 Å². The molecule has 98 valence electrons. The lowest BCUT2D eigenvalue weighted by atomic mass is 10.2. The summed E-state index contributed by atoms with van der Waals surface area (Å²) in [6.45, 7) is 0.327. The van der Waals surface area contributed by atoms with Gasteiger partial charge in [0.1, 0.15) is 0 Å². The number of carbonyl (C=O) groups excluding carboxylic acids is 2. The quantitative estimate of drug-likeness (QED) is 0.757. The van der Waals surface area contributed by atoms with Crippen LogP contribution in [0, 0.1) is 0 Å². The SMILES string of the molecule is COC(=O)CCN(C)C(=O)c1ccc(Br)cc1Br. The maximum atomic E-state index is 12.1. The molecule has 0 N–H and O–H groups in total. The molecular formula is C12H13Br2NO3. The number of halogens is 2. The Labute approximate surface area is 123 Å². The van der Waals surface area contributed by atoms with E-state index in [0.29, 0.717) is 16.6 Å². The molecule has 0 saturated carbocycles. The number of hydrogen-bond donors (Lipinski definition) is 0. The number of esters is 1. The summed E-state index contributed by atoms with van der Waals surface area (Å²) in [5, 5.41) is 0. The van der Waals surface area contributed by atoms with Gasteiger partial charge >= 0.3 is 5.97 Å². The van der Waals surface area contributed by atoms with Gasteiger partial charge in [-0.15, -0.1) is 0 Å². The van der Waals surface area contributed by atoms with Gasteiger partial charge in [-0.05, 0) is 34.1 Å². The average Bonchev–Trinajstić information content (AvgIpc) is 2.34. The highest BCUT2D eigenvalue weighted by atomic mass is 79.9. The lowest BCUT2D eigenvalue weighted by Crippen LogP contribution is -2.29. The molecular weight excluding hydrogens is 366 g/mol. The molecule has 0 spiro atoms. The van der Waals surface area contributed by atoms with Gasteiger partial charge in [-0.1, -0.05) is 15.9 Å². The van der Waals surface area contributed by atoms with Crippen molar-refractivity contribution in [2.75, 3.05) is 20.7 Å². The van der Waals surface area contributed by atoms with E-state index in [4.69, 9.17) is 0 Å². The summed E-state index contributed by atoms with van der Waals surface area (Å²) < 4.78 is 6.14. The second kappa shape index (κ2) is 6.89. The first kappa shape index (κ1) is 15.2. The van der Waals surface area contributed by atoms with E-state index in [1.165, 1.54) is 12.0 Å². The molecule has 1 amide bonds. The first-order valence-corrected chi connectivity index (χ1v) is 6.81. The van der Waals surface area contributed by atoms with Crippen molar-refractivity contribution in [3.63, 3.8) is 0 Å². The molecule has 0 aliphatic rings. The fourth-order valence-corrected chi connectivity index (χ4v) is 2.55. The van der Waals surface area contributed by atoms with Crippen molar-refractivity contribution >= 4 is 43.7 Å². The number of amides is 1. The maximum absolute atomic E-state index is 12.1. The van der Waals surface area contributed by atoms with Crippen LogP contribution >= 0.6 is 31.9 Å². The van der Waals surface area contributed by atoms with Gasteiger partial charge in [-0.2, -0.15) is 0 Å². The van der Waals surface area contributed by atoms with E-state index in [-0.39, 0.29) is 18.3 Å². The van der Waals surface area contributed by atoms with Crippen LogP contribution in [0.1, 0.15) is 16.8 Å². The van der Waals surface area contributed by atoms with Gasteiger partial charge in [0.2, 0.25) is 0 Å². The Morgan fingerprint density at radius 1 is 1.33 bits per heavy atom. The van der Waals surface area contributed by atoms with Gasteiger partial charge in [0, 0.05) is 22.5 Å². The number of benzene rings is 1. The van der Waals surface area contributed by atoms with Gasteiger partial charge in [-0.3, -0.25) is 9.59 Å². The zero-order valence-corrected chi connectivity index (χ0v) is 13.2. The molecule has 4 nitrogen and oxygen atoms in total. The lowest BCUT2D eigenvalue weighted by molar-refractivity contribution is -0.140. The minimum absolute atomic E-state index is 0.140. The van der Waals surface area contributed by atoms with E-state index in [9.17, 15) is 9.59 Å². The number of ether oxygens (including phenoxy) is 1. The molecule has 0 atom stereocenters. The molecule has 0 aliphatic heterocycles. The van der Waals surface area contributed by atoms with Crippen molar-refractivity contribution in [1.29, 1.82) is 0 Å². The number of methoxy groups -OCH3 is 1. The van der Waals surface area contributed by atoms with E-state index in [2.05, 4.69) is 36.6 Å². The van der Waals surface area contributed by atoms with Crippen LogP contribution in [-0.4, -0.2) is 37.5 Å². The summed E-state index contributed by atoms with van der Waals surface area (Å²) >= 11 is 6.67. The van der Waals surface area contributed by atoms with Crippen LogP contribution in [0.25, 0.3) is 0 Å². The summed E-state index contributed by atoms with van der Waals surface area (Å²) in [5.74, 6) is -0.470. The molecule has 0 heterocycles. The second-order valence-electron chi connectivity index (χ2n) is 3.68. The molecule has 0 aromatic heterocycles. The van der Waals surface area contributed by atoms with Crippen molar-refractivity contribution in [2.45, 2.75) is 6.42 Å². The molecule has 0 fully saturated rings. The molecule has 1 aromatic rings. The van der Waals surface area contributed by atoms with E-state index in [0.717, 1.165) is 4.47 Å². The minimum Gasteiger partial charge on any atom is -0.469 e.